The van der Waals surface area contributed by atoms with Gasteiger partial charge in [-0.1, -0.05) is 24.3 Å². The Labute approximate surface area is 151 Å². The number of esters is 1. The Morgan fingerprint density at radius 3 is 2.69 bits per heavy atom. The molecule has 0 bridgehead atoms. The molecular formula is C21H20O5. The van der Waals surface area contributed by atoms with Gasteiger partial charge >= 0.3 is 5.97 Å². The third kappa shape index (κ3) is 3.43. The Morgan fingerprint density at radius 1 is 1.08 bits per heavy atom. The number of rotatable bonds is 5. The number of hydrogen-bond acceptors (Lipinski definition) is 5. The number of benzene rings is 2. The van der Waals surface area contributed by atoms with Crippen LogP contribution in [0.5, 0.6) is 11.5 Å². The second kappa shape index (κ2) is 6.83. The molecule has 134 valence electrons. The quantitative estimate of drug-likeness (QED) is 0.609. The number of Topliss-reactive ketones (excluding diaryl/α,β-unsaturated/α-hetero) is 1. The molecular weight excluding hydrogens is 332 g/mol. The summed E-state index contributed by atoms with van der Waals surface area (Å²) < 4.78 is 16.6. The van der Waals surface area contributed by atoms with Gasteiger partial charge in [0.2, 0.25) is 0 Å². The van der Waals surface area contributed by atoms with E-state index in [1.54, 1.807) is 18.2 Å². The van der Waals surface area contributed by atoms with Gasteiger partial charge in [-0.15, -0.1) is 0 Å². The molecule has 1 aliphatic carbocycles. The minimum Gasteiger partial charge on any atom is -0.486 e. The van der Waals surface area contributed by atoms with Gasteiger partial charge in [-0.25, -0.2) is 0 Å². The van der Waals surface area contributed by atoms with Gasteiger partial charge < -0.3 is 14.2 Å². The summed E-state index contributed by atoms with van der Waals surface area (Å²) in [6.45, 7) is 2.82. The molecule has 1 saturated carbocycles. The number of ketones is 1. The van der Waals surface area contributed by atoms with Gasteiger partial charge in [0.05, 0.1) is 5.92 Å². The molecule has 2 aromatic rings. The topological polar surface area (TPSA) is 61.8 Å². The average Bonchev–Trinajstić information content (AvgIpc) is 3.47. The molecule has 1 aliphatic heterocycles. The molecule has 5 heteroatoms. The van der Waals surface area contributed by atoms with Crippen molar-refractivity contribution in [1.82, 2.24) is 0 Å². The lowest BCUT2D eigenvalue weighted by atomic mass is 10.1. The molecule has 2 atom stereocenters. The monoisotopic (exact) mass is 352 g/mol. The van der Waals surface area contributed by atoms with Gasteiger partial charge in [0.25, 0.3) is 0 Å². The van der Waals surface area contributed by atoms with Crippen LogP contribution >= 0.6 is 0 Å². The summed E-state index contributed by atoms with van der Waals surface area (Å²) in [6.07, 6.45) is 0.784. The minimum absolute atomic E-state index is 0.000887. The first-order valence-electron chi connectivity index (χ1n) is 8.78. The standard InChI is InChI=1S/C21H20O5/c1-13(22)15-4-2-3-14(9-15)12-26-21(23)18-11-17(18)16-5-6-19-20(10-16)25-8-7-24-19/h2-6,9-10,17-18H,7-8,11-12H2,1H3/t17-,18+/m0/s1. The van der Waals surface area contributed by atoms with Gasteiger partial charge in [0, 0.05) is 5.56 Å². The van der Waals surface area contributed by atoms with Crippen molar-refractivity contribution in [3.8, 4) is 11.5 Å². The predicted molar refractivity (Wildman–Crippen MR) is 94.5 cm³/mol. The van der Waals surface area contributed by atoms with Crippen LogP contribution in [0.2, 0.25) is 0 Å². The molecule has 2 aromatic carbocycles. The predicted octanol–water partition coefficient (Wildman–Crippen LogP) is 3.51. The van der Waals surface area contributed by atoms with Crippen LogP contribution in [0.25, 0.3) is 0 Å². The van der Waals surface area contributed by atoms with Crippen molar-refractivity contribution in [3.05, 3.63) is 59.2 Å². The average molecular weight is 352 g/mol. The zero-order valence-corrected chi connectivity index (χ0v) is 14.6. The van der Waals surface area contributed by atoms with Crippen molar-refractivity contribution < 1.29 is 23.8 Å². The van der Waals surface area contributed by atoms with E-state index in [0.717, 1.165) is 29.0 Å². The summed E-state index contributed by atoms with van der Waals surface area (Å²) >= 11 is 0. The Balaban J connectivity index is 1.36. The molecule has 0 unspecified atom stereocenters. The van der Waals surface area contributed by atoms with Crippen molar-refractivity contribution >= 4 is 11.8 Å². The first-order chi connectivity index (χ1) is 12.6. The number of ether oxygens (including phenoxy) is 3. The van der Waals surface area contributed by atoms with E-state index in [1.165, 1.54) is 6.92 Å². The third-order valence-electron chi connectivity index (χ3n) is 4.80. The normalized spacial score (nSPS) is 20.3. The molecule has 0 radical (unpaired) electrons. The van der Waals surface area contributed by atoms with Crippen molar-refractivity contribution in [2.24, 2.45) is 5.92 Å². The minimum atomic E-state index is -0.196. The lowest BCUT2D eigenvalue weighted by molar-refractivity contribution is -0.146. The number of hydrogen-bond donors (Lipinski definition) is 0. The van der Waals surface area contributed by atoms with Gasteiger partial charge in [-0.3, -0.25) is 9.59 Å². The lowest BCUT2D eigenvalue weighted by Crippen LogP contribution is -2.15. The molecule has 0 N–H and O–H groups in total. The molecule has 0 aromatic heterocycles. The molecule has 1 fully saturated rings. The maximum Gasteiger partial charge on any atom is 0.309 e. The fourth-order valence-corrected chi connectivity index (χ4v) is 3.26. The van der Waals surface area contributed by atoms with Gasteiger partial charge in [-0.2, -0.15) is 0 Å². The summed E-state index contributed by atoms with van der Waals surface area (Å²) in [6, 6.07) is 13.0. The third-order valence-corrected chi connectivity index (χ3v) is 4.80. The molecule has 5 nitrogen and oxygen atoms in total. The van der Waals surface area contributed by atoms with Crippen molar-refractivity contribution in [2.45, 2.75) is 25.9 Å². The van der Waals surface area contributed by atoms with Crippen LogP contribution < -0.4 is 9.47 Å². The Morgan fingerprint density at radius 2 is 1.88 bits per heavy atom. The maximum absolute atomic E-state index is 12.3. The molecule has 2 aliphatic rings. The lowest BCUT2D eigenvalue weighted by Gasteiger charge is -2.18. The highest BCUT2D eigenvalue weighted by Crippen LogP contribution is 2.50. The zero-order valence-electron chi connectivity index (χ0n) is 14.6. The van der Waals surface area contributed by atoms with Gasteiger partial charge in [-0.05, 0) is 48.6 Å². The van der Waals surface area contributed by atoms with Gasteiger partial charge in [0.15, 0.2) is 17.3 Å². The first-order valence-corrected chi connectivity index (χ1v) is 8.78. The van der Waals surface area contributed by atoms with Crippen LogP contribution in [0.1, 0.15) is 40.7 Å². The van der Waals surface area contributed by atoms with E-state index in [1.807, 2.05) is 24.3 Å². The van der Waals surface area contributed by atoms with E-state index in [4.69, 9.17) is 14.2 Å². The molecule has 0 saturated heterocycles. The second-order valence-electron chi connectivity index (χ2n) is 6.72. The van der Waals surface area contributed by atoms with Crippen molar-refractivity contribution in [1.29, 1.82) is 0 Å². The Hall–Kier alpha value is -2.82. The highest BCUT2D eigenvalue weighted by Gasteiger charge is 2.45. The molecule has 26 heavy (non-hydrogen) atoms. The zero-order chi connectivity index (χ0) is 18.1. The van der Waals surface area contributed by atoms with Crippen molar-refractivity contribution in [2.75, 3.05) is 13.2 Å². The van der Waals surface area contributed by atoms with Crippen LogP contribution in [0.4, 0.5) is 0 Å². The molecule has 0 amide bonds. The van der Waals surface area contributed by atoms with Crippen LogP contribution in [0.3, 0.4) is 0 Å². The van der Waals surface area contributed by atoms with E-state index in [-0.39, 0.29) is 30.2 Å². The first kappa shape index (κ1) is 16.6. The second-order valence-corrected chi connectivity index (χ2v) is 6.72. The summed E-state index contributed by atoms with van der Waals surface area (Å²) in [5.74, 6) is 1.35. The van der Waals surface area contributed by atoms with E-state index in [0.29, 0.717) is 18.8 Å². The number of carbonyl (C=O) groups excluding carboxylic acids is 2. The smallest absolute Gasteiger partial charge is 0.309 e. The SMILES string of the molecule is CC(=O)c1cccc(COC(=O)[C@@H]2C[C@H]2c2ccc3c(c2)OCCO3)c1. The largest absolute Gasteiger partial charge is 0.486 e. The molecule has 1 heterocycles. The fourth-order valence-electron chi connectivity index (χ4n) is 3.26. The van der Waals surface area contributed by atoms with Crippen LogP contribution in [0.15, 0.2) is 42.5 Å². The number of carbonyl (C=O) groups is 2. The summed E-state index contributed by atoms with van der Waals surface area (Å²) in [7, 11) is 0. The fraction of sp³-hybridized carbons (Fsp3) is 0.333. The highest BCUT2D eigenvalue weighted by molar-refractivity contribution is 5.94. The number of fused-ring (bicyclic) bond motifs is 1. The summed E-state index contributed by atoms with van der Waals surface area (Å²) in [5, 5.41) is 0. The summed E-state index contributed by atoms with van der Waals surface area (Å²) in [4.78, 5) is 23.8. The molecule has 0 spiro atoms. The van der Waals surface area contributed by atoms with E-state index < -0.39 is 0 Å². The van der Waals surface area contributed by atoms with E-state index >= 15 is 0 Å². The Bertz CT molecular complexity index is 857. The van der Waals surface area contributed by atoms with E-state index in [2.05, 4.69) is 0 Å². The van der Waals surface area contributed by atoms with Crippen molar-refractivity contribution in [3.63, 3.8) is 0 Å². The van der Waals surface area contributed by atoms with Crippen LogP contribution in [-0.2, 0) is 16.1 Å². The van der Waals surface area contributed by atoms with Gasteiger partial charge in [0.1, 0.15) is 19.8 Å². The summed E-state index contributed by atoms with van der Waals surface area (Å²) in [5.41, 5.74) is 2.52. The Kier molecular flexibility index (Phi) is 4.37. The van der Waals surface area contributed by atoms with Crippen LogP contribution in [-0.4, -0.2) is 25.0 Å². The highest BCUT2D eigenvalue weighted by atomic mass is 16.6. The van der Waals surface area contributed by atoms with Crippen LogP contribution in [0, 0.1) is 5.92 Å². The van der Waals surface area contributed by atoms with E-state index in [9.17, 15) is 9.59 Å². The maximum atomic E-state index is 12.3. The molecule has 4 rings (SSSR count).